The van der Waals surface area contributed by atoms with E-state index in [0.29, 0.717) is 17.9 Å². The Labute approximate surface area is 193 Å². The standard InChI is InChI=1S/C28H27N3O2/c1-18-8-10-22(11-9-18)17-31-20(3)16-25(32)26(27(31)23-12-14-29-15-13-23)28(33)30-24-7-5-6-19(2)21(24)4/h5-16H,17H2,1-4H3,(H,30,33). The lowest BCUT2D eigenvalue weighted by atomic mass is 10.0. The van der Waals surface area contributed by atoms with E-state index in [1.807, 2.05) is 62.6 Å². The van der Waals surface area contributed by atoms with Crippen molar-refractivity contribution in [3.8, 4) is 11.3 Å². The van der Waals surface area contributed by atoms with Crippen molar-refractivity contribution in [2.75, 3.05) is 5.32 Å². The number of pyridine rings is 2. The van der Waals surface area contributed by atoms with Gasteiger partial charge in [-0.25, -0.2) is 0 Å². The summed E-state index contributed by atoms with van der Waals surface area (Å²) in [6.07, 6.45) is 3.34. The van der Waals surface area contributed by atoms with Crippen LogP contribution in [-0.2, 0) is 6.54 Å². The lowest BCUT2D eigenvalue weighted by Crippen LogP contribution is -2.27. The van der Waals surface area contributed by atoms with Gasteiger partial charge in [0.15, 0.2) is 5.43 Å². The number of hydrogen-bond acceptors (Lipinski definition) is 3. The fraction of sp³-hybridized carbons (Fsp3) is 0.179. The van der Waals surface area contributed by atoms with E-state index in [-0.39, 0.29) is 11.0 Å². The quantitative estimate of drug-likeness (QED) is 0.452. The van der Waals surface area contributed by atoms with Gasteiger partial charge >= 0.3 is 0 Å². The maximum Gasteiger partial charge on any atom is 0.261 e. The van der Waals surface area contributed by atoms with E-state index in [0.717, 1.165) is 27.9 Å². The highest BCUT2D eigenvalue weighted by atomic mass is 16.2. The molecule has 2 aromatic carbocycles. The summed E-state index contributed by atoms with van der Waals surface area (Å²) in [5.74, 6) is -0.418. The van der Waals surface area contributed by atoms with Crippen molar-refractivity contribution in [1.29, 1.82) is 0 Å². The van der Waals surface area contributed by atoms with E-state index in [9.17, 15) is 9.59 Å². The summed E-state index contributed by atoms with van der Waals surface area (Å²) in [6, 6.07) is 19.2. The molecule has 33 heavy (non-hydrogen) atoms. The summed E-state index contributed by atoms with van der Waals surface area (Å²) in [4.78, 5) is 30.8. The molecule has 1 amide bonds. The molecule has 5 heteroatoms. The van der Waals surface area contributed by atoms with Gasteiger partial charge in [-0.1, -0.05) is 42.0 Å². The first-order chi connectivity index (χ1) is 15.8. The third-order valence-electron chi connectivity index (χ3n) is 6.01. The highest BCUT2D eigenvalue weighted by molar-refractivity contribution is 6.08. The largest absolute Gasteiger partial charge is 0.340 e. The second kappa shape index (κ2) is 9.25. The Hall–Kier alpha value is -3.99. The van der Waals surface area contributed by atoms with Crippen molar-refractivity contribution < 1.29 is 4.79 Å². The van der Waals surface area contributed by atoms with Crippen LogP contribution < -0.4 is 10.7 Å². The molecule has 0 fully saturated rings. The van der Waals surface area contributed by atoms with E-state index in [1.54, 1.807) is 12.4 Å². The number of anilines is 1. The van der Waals surface area contributed by atoms with Crippen molar-refractivity contribution in [2.45, 2.75) is 34.2 Å². The van der Waals surface area contributed by atoms with E-state index in [4.69, 9.17) is 0 Å². The molecule has 4 aromatic rings. The van der Waals surface area contributed by atoms with Crippen LogP contribution in [0.1, 0.15) is 38.3 Å². The Morgan fingerprint density at radius 1 is 0.939 bits per heavy atom. The fourth-order valence-electron chi connectivity index (χ4n) is 3.95. The number of carbonyl (C=O) groups excluding carboxylic acids is 1. The van der Waals surface area contributed by atoms with Gasteiger partial charge in [0.05, 0.1) is 5.69 Å². The van der Waals surface area contributed by atoms with Crippen molar-refractivity contribution in [3.05, 3.63) is 117 Å². The summed E-state index contributed by atoms with van der Waals surface area (Å²) in [7, 11) is 0. The predicted molar refractivity (Wildman–Crippen MR) is 133 cm³/mol. The predicted octanol–water partition coefficient (Wildman–Crippen LogP) is 5.44. The number of aromatic nitrogens is 2. The van der Waals surface area contributed by atoms with Crippen molar-refractivity contribution in [1.82, 2.24) is 9.55 Å². The van der Waals surface area contributed by atoms with Crippen LogP contribution in [-0.4, -0.2) is 15.5 Å². The van der Waals surface area contributed by atoms with Gasteiger partial charge in [0.2, 0.25) is 0 Å². The maximum absolute atomic E-state index is 13.5. The first-order valence-corrected chi connectivity index (χ1v) is 10.9. The van der Waals surface area contributed by atoms with Gasteiger partial charge < -0.3 is 9.88 Å². The first-order valence-electron chi connectivity index (χ1n) is 10.9. The fourth-order valence-corrected chi connectivity index (χ4v) is 3.95. The number of hydrogen-bond donors (Lipinski definition) is 1. The Balaban J connectivity index is 1.89. The summed E-state index contributed by atoms with van der Waals surface area (Å²) >= 11 is 0. The zero-order valence-electron chi connectivity index (χ0n) is 19.3. The molecule has 4 rings (SSSR count). The van der Waals surface area contributed by atoms with E-state index in [1.165, 1.54) is 11.6 Å². The van der Waals surface area contributed by atoms with Crippen LogP contribution in [0, 0.1) is 27.7 Å². The van der Waals surface area contributed by atoms with Crippen LogP contribution in [0.4, 0.5) is 5.69 Å². The van der Waals surface area contributed by atoms with Crippen molar-refractivity contribution in [3.63, 3.8) is 0 Å². The number of nitrogens with one attached hydrogen (secondary N) is 1. The van der Waals surface area contributed by atoms with Gasteiger partial charge in [0.25, 0.3) is 5.91 Å². The summed E-state index contributed by atoms with van der Waals surface area (Å²) in [5, 5.41) is 2.97. The Bertz CT molecular complexity index is 1370. The topological polar surface area (TPSA) is 64.0 Å². The molecule has 0 bridgehead atoms. The van der Waals surface area contributed by atoms with Crippen LogP contribution in [0.5, 0.6) is 0 Å². The molecule has 0 saturated heterocycles. The minimum absolute atomic E-state index is 0.125. The number of benzene rings is 2. The first kappa shape index (κ1) is 22.2. The molecule has 0 aliphatic carbocycles. The molecule has 1 N–H and O–H groups in total. The number of rotatable bonds is 5. The zero-order valence-corrected chi connectivity index (χ0v) is 19.3. The summed E-state index contributed by atoms with van der Waals surface area (Å²) < 4.78 is 2.03. The zero-order chi connectivity index (χ0) is 23.5. The number of aryl methyl sites for hydroxylation is 3. The molecular formula is C28H27N3O2. The van der Waals surface area contributed by atoms with Crippen LogP contribution in [0.2, 0.25) is 0 Å². The van der Waals surface area contributed by atoms with E-state index >= 15 is 0 Å². The SMILES string of the molecule is Cc1ccc(Cn2c(C)cc(=O)c(C(=O)Nc3cccc(C)c3C)c2-c2ccncc2)cc1. The van der Waals surface area contributed by atoms with Crippen molar-refractivity contribution in [2.24, 2.45) is 0 Å². The Kier molecular flexibility index (Phi) is 6.22. The van der Waals surface area contributed by atoms with E-state index < -0.39 is 5.91 Å². The molecule has 2 heterocycles. The molecule has 0 unspecified atom stereocenters. The Morgan fingerprint density at radius 2 is 1.64 bits per heavy atom. The van der Waals surface area contributed by atoms with Gasteiger partial charge in [-0.05, 0) is 62.6 Å². The average Bonchev–Trinajstić information content (AvgIpc) is 2.80. The van der Waals surface area contributed by atoms with Crippen LogP contribution >= 0.6 is 0 Å². The van der Waals surface area contributed by atoms with Crippen LogP contribution in [0.15, 0.2) is 77.9 Å². The minimum Gasteiger partial charge on any atom is -0.340 e. The van der Waals surface area contributed by atoms with Gasteiger partial charge in [-0.2, -0.15) is 0 Å². The molecule has 0 saturated carbocycles. The van der Waals surface area contributed by atoms with E-state index in [2.05, 4.69) is 34.6 Å². The molecule has 2 aromatic heterocycles. The molecule has 5 nitrogen and oxygen atoms in total. The number of nitrogens with zero attached hydrogens (tertiary/aromatic N) is 2. The lowest BCUT2D eigenvalue weighted by Gasteiger charge is -2.21. The van der Waals surface area contributed by atoms with Crippen LogP contribution in [0.3, 0.4) is 0 Å². The smallest absolute Gasteiger partial charge is 0.261 e. The third-order valence-corrected chi connectivity index (χ3v) is 6.01. The van der Waals surface area contributed by atoms with Crippen LogP contribution in [0.25, 0.3) is 11.3 Å². The monoisotopic (exact) mass is 437 g/mol. The Morgan fingerprint density at radius 3 is 2.33 bits per heavy atom. The van der Waals surface area contributed by atoms with Gasteiger partial charge in [-0.15, -0.1) is 0 Å². The molecule has 0 atom stereocenters. The highest BCUT2D eigenvalue weighted by Crippen LogP contribution is 2.26. The molecule has 0 aliphatic heterocycles. The highest BCUT2D eigenvalue weighted by Gasteiger charge is 2.22. The average molecular weight is 438 g/mol. The van der Waals surface area contributed by atoms with Gasteiger partial charge in [0.1, 0.15) is 5.56 Å². The van der Waals surface area contributed by atoms with Gasteiger partial charge in [0, 0.05) is 41.9 Å². The molecular weight excluding hydrogens is 410 g/mol. The second-order valence-corrected chi connectivity index (χ2v) is 8.38. The van der Waals surface area contributed by atoms with Crippen molar-refractivity contribution >= 4 is 11.6 Å². The lowest BCUT2D eigenvalue weighted by molar-refractivity contribution is 0.102. The third kappa shape index (κ3) is 4.62. The molecule has 0 radical (unpaired) electrons. The number of amides is 1. The second-order valence-electron chi connectivity index (χ2n) is 8.38. The molecule has 0 aliphatic rings. The number of carbonyl (C=O) groups is 1. The summed E-state index contributed by atoms with van der Waals surface area (Å²) in [6.45, 7) is 8.43. The molecule has 0 spiro atoms. The van der Waals surface area contributed by atoms with Gasteiger partial charge in [-0.3, -0.25) is 14.6 Å². The molecule has 166 valence electrons. The summed E-state index contributed by atoms with van der Waals surface area (Å²) in [5.41, 5.74) is 6.98. The minimum atomic E-state index is -0.418. The normalized spacial score (nSPS) is 10.8. The maximum atomic E-state index is 13.5.